The number of anilines is 2. The molecule has 1 aliphatic carbocycles. The molecule has 0 saturated heterocycles. The van der Waals surface area contributed by atoms with E-state index in [0.29, 0.717) is 18.0 Å². The lowest BCUT2D eigenvalue weighted by Crippen LogP contribution is -2.19. The van der Waals surface area contributed by atoms with Crippen LogP contribution in [0.15, 0.2) is 12.1 Å². The third kappa shape index (κ3) is 2.44. The standard InChI is InChI=1S/C12H17FN2O2/c1-17-11-5-10(8(13)4-9(11)14)15-6-12(7-16)2-3-12/h4-5,15-16H,2-3,6-7,14H2,1H3. The van der Waals surface area contributed by atoms with Crippen LogP contribution in [0.25, 0.3) is 0 Å². The third-order valence-electron chi connectivity index (χ3n) is 3.27. The van der Waals surface area contributed by atoms with Crippen LogP contribution < -0.4 is 15.8 Å². The summed E-state index contributed by atoms with van der Waals surface area (Å²) in [6.45, 7) is 0.696. The predicted molar refractivity (Wildman–Crippen MR) is 64.6 cm³/mol. The first-order valence-electron chi connectivity index (χ1n) is 5.58. The SMILES string of the molecule is COc1cc(NCC2(CO)CC2)c(F)cc1N. The van der Waals surface area contributed by atoms with Crippen molar-refractivity contribution in [1.29, 1.82) is 0 Å². The molecule has 94 valence electrons. The number of methoxy groups -OCH3 is 1. The highest BCUT2D eigenvalue weighted by Crippen LogP contribution is 2.45. The summed E-state index contributed by atoms with van der Waals surface area (Å²) in [4.78, 5) is 0. The summed E-state index contributed by atoms with van der Waals surface area (Å²) in [5, 5.41) is 12.2. The summed E-state index contributed by atoms with van der Waals surface area (Å²) in [6, 6.07) is 2.78. The van der Waals surface area contributed by atoms with E-state index in [2.05, 4.69) is 5.32 Å². The molecule has 1 aromatic carbocycles. The molecule has 17 heavy (non-hydrogen) atoms. The molecular weight excluding hydrogens is 223 g/mol. The van der Waals surface area contributed by atoms with Gasteiger partial charge in [-0.15, -0.1) is 0 Å². The molecule has 0 unspecified atom stereocenters. The molecule has 1 aromatic rings. The van der Waals surface area contributed by atoms with Crippen LogP contribution in [0.4, 0.5) is 15.8 Å². The Labute approximate surface area is 99.6 Å². The Kier molecular flexibility index (Phi) is 3.11. The third-order valence-corrected chi connectivity index (χ3v) is 3.27. The average Bonchev–Trinajstić information content (AvgIpc) is 3.09. The number of rotatable bonds is 5. The molecule has 0 aromatic heterocycles. The molecular formula is C12H17FN2O2. The van der Waals surface area contributed by atoms with Gasteiger partial charge < -0.3 is 20.9 Å². The first kappa shape index (κ1) is 12.0. The van der Waals surface area contributed by atoms with Gasteiger partial charge in [0.15, 0.2) is 0 Å². The van der Waals surface area contributed by atoms with E-state index in [9.17, 15) is 9.50 Å². The molecule has 0 amide bonds. The summed E-state index contributed by atoms with van der Waals surface area (Å²) < 4.78 is 18.6. The normalized spacial score (nSPS) is 16.6. The van der Waals surface area contributed by atoms with Crippen molar-refractivity contribution in [2.45, 2.75) is 12.8 Å². The van der Waals surface area contributed by atoms with E-state index < -0.39 is 5.82 Å². The number of aliphatic hydroxyl groups is 1. The molecule has 0 bridgehead atoms. The lowest BCUT2D eigenvalue weighted by molar-refractivity contribution is 0.219. The number of hydrogen-bond acceptors (Lipinski definition) is 4. The van der Waals surface area contributed by atoms with Gasteiger partial charge in [0, 0.05) is 24.1 Å². The van der Waals surface area contributed by atoms with Crippen LogP contribution in [-0.4, -0.2) is 25.4 Å². The van der Waals surface area contributed by atoms with Crippen LogP contribution in [0.3, 0.4) is 0 Å². The van der Waals surface area contributed by atoms with Crippen molar-refractivity contribution in [1.82, 2.24) is 0 Å². The van der Waals surface area contributed by atoms with Crippen molar-refractivity contribution >= 4 is 11.4 Å². The van der Waals surface area contributed by atoms with E-state index in [4.69, 9.17) is 10.5 Å². The zero-order valence-electron chi connectivity index (χ0n) is 9.79. The lowest BCUT2D eigenvalue weighted by atomic mass is 10.1. The molecule has 1 saturated carbocycles. The van der Waals surface area contributed by atoms with E-state index in [0.717, 1.165) is 12.8 Å². The number of nitrogen functional groups attached to an aromatic ring is 1. The second-order valence-electron chi connectivity index (χ2n) is 4.59. The number of benzene rings is 1. The van der Waals surface area contributed by atoms with Gasteiger partial charge in [0.2, 0.25) is 0 Å². The molecule has 0 aliphatic heterocycles. The minimum Gasteiger partial charge on any atom is -0.495 e. The molecule has 0 spiro atoms. The maximum absolute atomic E-state index is 13.6. The second kappa shape index (κ2) is 4.41. The fraction of sp³-hybridized carbons (Fsp3) is 0.500. The van der Waals surface area contributed by atoms with Gasteiger partial charge in [0.1, 0.15) is 11.6 Å². The van der Waals surface area contributed by atoms with Gasteiger partial charge in [-0.2, -0.15) is 0 Å². The monoisotopic (exact) mass is 240 g/mol. The van der Waals surface area contributed by atoms with Crippen LogP contribution in [0.1, 0.15) is 12.8 Å². The average molecular weight is 240 g/mol. The highest BCUT2D eigenvalue weighted by atomic mass is 19.1. The van der Waals surface area contributed by atoms with Gasteiger partial charge in [-0.05, 0) is 12.8 Å². The Bertz CT molecular complexity index is 419. The van der Waals surface area contributed by atoms with Crippen LogP contribution in [0.5, 0.6) is 5.75 Å². The number of nitrogens with one attached hydrogen (secondary N) is 1. The van der Waals surface area contributed by atoms with Crippen LogP contribution >= 0.6 is 0 Å². The first-order valence-corrected chi connectivity index (χ1v) is 5.58. The smallest absolute Gasteiger partial charge is 0.148 e. The Hall–Kier alpha value is -1.49. The molecule has 5 heteroatoms. The maximum Gasteiger partial charge on any atom is 0.148 e. The van der Waals surface area contributed by atoms with Crippen molar-refractivity contribution in [3.63, 3.8) is 0 Å². The minimum absolute atomic E-state index is 0.0684. The molecule has 1 aliphatic rings. The fourth-order valence-electron chi connectivity index (χ4n) is 1.73. The Morgan fingerprint density at radius 2 is 2.24 bits per heavy atom. The van der Waals surface area contributed by atoms with E-state index >= 15 is 0 Å². The van der Waals surface area contributed by atoms with Crippen molar-refractivity contribution in [3.8, 4) is 5.75 Å². The zero-order chi connectivity index (χ0) is 12.5. The summed E-state index contributed by atoms with van der Waals surface area (Å²) >= 11 is 0. The second-order valence-corrected chi connectivity index (χ2v) is 4.59. The van der Waals surface area contributed by atoms with Gasteiger partial charge in [-0.25, -0.2) is 4.39 Å². The quantitative estimate of drug-likeness (QED) is 0.684. The van der Waals surface area contributed by atoms with Gasteiger partial charge in [0.05, 0.1) is 25.1 Å². The Morgan fingerprint density at radius 3 is 2.76 bits per heavy atom. The van der Waals surface area contributed by atoms with Gasteiger partial charge >= 0.3 is 0 Å². The van der Waals surface area contributed by atoms with Gasteiger partial charge in [0.25, 0.3) is 0 Å². The number of ether oxygens (including phenoxy) is 1. The van der Waals surface area contributed by atoms with Gasteiger partial charge in [-0.1, -0.05) is 0 Å². The highest BCUT2D eigenvalue weighted by molar-refractivity contribution is 5.62. The van der Waals surface area contributed by atoms with Crippen LogP contribution in [-0.2, 0) is 0 Å². The number of hydrogen-bond donors (Lipinski definition) is 3. The molecule has 0 heterocycles. The summed E-state index contributed by atoms with van der Waals surface area (Å²) in [5.41, 5.74) is 6.15. The van der Waals surface area contributed by atoms with E-state index in [1.54, 1.807) is 0 Å². The summed E-state index contributed by atoms with van der Waals surface area (Å²) in [5.74, 6) is 0.0415. The maximum atomic E-state index is 13.6. The molecule has 0 atom stereocenters. The summed E-state index contributed by atoms with van der Waals surface area (Å²) in [7, 11) is 1.49. The van der Waals surface area contributed by atoms with E-state index in [1.165, 1.54) is 19.2 Å². The first-order chi connectivity index (χ1) is 8.10. The Balaban J connectivity index is 2.10. The predicted octanol–water partition coefficient (Wildman–Crippen LogP) is 1.60. The van der Waals surface area contributed by atoms with Crippen LogP contribution in [0, 0.1) is 11.2 Å². The van der Waals surface area contributed by atoms with Crippen LogP contribution in [0.2, 0.25) is 0 Å². The van der Waals surface area contributed by atoms with E-state index in [-0.39, 0.29) is 17.7 Å². The van der Waals surface area contributed by atoms with Crippen molar-refractivity contribution < 1.29 is 14.2 Å². The number of aliphatic hydroxyl groups excluding tert-OH is 1. The highest BCUT2D eigenvalue weighted by Gasteiger charge is 2.41. The van der Waals surface area contributed by atoms with Crippen molar-refractivity contribution in [2.75, 3.05) is 31.3 Å². The fourth-order valence-corrected chi connectivity index (χ4v) is 1.73. The molecule has 4 nitrogen and oxygen atoms in total. The number of nitrogens with two attached hydrogens (primary N) is 1. The molecule has 2 rings (SSSR count). The molecule has 1 fully saturated rings. The molecule has 0 radical (unpaired) electrons. The van der Waals surface area contributed by atoms with Gasteiger partial charge in [-0.3, -0.25) is 0 Å². The van der Waals surface area contributed by atoms with Crippen molar-refractivity contribution in [2.24, 2.45) is 5.41 Å². The topological polar surface area (TPSA) is 67.5 Å². The number of halogens is 1. The minimum atomic E-state index is -0.406. The summed E-state index contributed by atoms with van der Waals surface area (Å²) in [6.07, 6.45) is 1.95. The lowest BCUT2D eigenvalue weighted by Gasteiger charge is -2.15. The Morgan fingerprint density at radius 1 is 1.53 bits per heavy atom. The van der Waals surface area contributed by atoms with E-state index in [1.807, 2.05) is 0 Å². The largest absolute Gasteiger partial charge is 0.495 e. The van der Waals surface area contributed by atoms with Crippen molar-refractivity contribution in [3.05, 3.63) is 17.9 Å². The zero-order valence-corrected chi connectivity index (χ0v) is 9.79. The molecule has 4 N–H and O–H groups in total.